The quantitative estimate of drug-likeness (QED) is 0.847. The lowest BCUT2D eigenvalue weighted by molar-refractivity contribution is 0.0561. The highest BCUT2D eigenvalue weighted by atomic mass is 35.5. The molecule has 1 atom stereocenters. The van der Waals surface area contributed by atoms with Crippen LogP contribution in [0.3, 0.4) is 0 Å². The van der Waals surface area contributed by atoms with E-state index in [1.165, 1.54) is 18.2 Å². The number of rotatable bonds is 5. The fourth-order valence-corrected chi connectivity index (χ4v) is 1.76. The van der Waals surface area contributed by atoms with E-state index < -0.39 is 12.1 Å². The predicted molar refractivity (Wildman–Crippen MR) is 69.6 cm³/mol. The van der Waals surface area contributed by atoms with E-state index in [1.54, 1.807) is 0 Å². The predicted octanol–water partition coefficient (Wildman–Crippen LogP) is 3.00. The number of carbonyl (C=O) groups excluding carboxylic acids is 1. The van der Waals surface area contributed by atoms with Gasteiger partial charge in [0.1, 0.15) is 6.07 Å². The van der Waals surface area contributed by atoms with Gasteiger partial charge in [-0.15, -0.1) is 0 Å². The highest BCUT2D eigenvalue weighted by molar-refractivity contribution is 6.35. The Morgan fingerprint density at radius 2 is 2.06 bits per heavy atom. The fourth-order valence-electron chi connectivity index (χ4n) is 1.23. The molecule has 1 unspecified atom stereocenters. The lowest BCUT2D eigenvalue weighted by atomic mass is 10.2. The molecule has 18 heavy (non-hydrogen) atoms. The third-order valence-electron chi connectivity index (χ3n) is 1.99. The number of hydrogen-bond donors (Lipinski definition) is 1. The van der Waals surface area contributed by atoms with E-state index in [-0.39, 0.29) is 5.56 Å². The molecule has 0 saturated heterocycles. The second kappa shape index (κ2) is 7.22. The molecule has 0 radical (unpaired) electrons. The Bertz CT molecular complexity index is 451. The first-order valence-electron chi connectivity index (χ1n) is 5.35. The van der Waals surface area contributed by atoms with Crippen molar-refractivity contribution in [3.8, 4) is 6.07 Å². The van der Waals surface area contributed by atoms with Gasteiger partial charge in [0.15, 0.2) is 0 Å². The van der Waals surface area contributed by atoms with Gasteiger partial charge in [-0.05, 0) is 24.6 Å². The monoisotopic (exact) mass is 286 g/mol. The van der Waals surface area contributed by atoms with Crippen molar-refractivity contribution in [2.45, 2.75) is 19.6 Å². The van der Waals surface area contributed by atoms with Crippen molar-refractivity contribution in [1.29, 1.82) is 5.26 Å². The van der Waals surface area contributed by atoms with Crippen molar-refractivity contribution in [2.24, 2.45) is 0 Å². The summed E-state index contributed by atoms with van der Waals surface area (Å²) >= 11 is 11.6. The standard InChI is InChI=1S/C12H12Cl2N2O2/c1-2-3-18-11(7-15)16-12(17)8-4-9(13)6-10(14)5-8/h4-6,11H,2-3H2,1H3,(H,16,17). The molecule has 4 nitrogen and oxygen atoms in total. The van der Waals surface area contributed by atoms with Gasteiger partial charge >= 0.3 is 0 Å². The molecule has 1 rings (SSSR count). The van der Waals surface area contributed by atoms with Gasteiger partial charge < -0.3 is 10.1 Å². The van der Waals surface area contributed by atoms with Gasteiger partial charge in [0.05, 0.1) is 6.61 Å². The Hall–Kier alpha value is -1.28. The van der Waals surface area contributed by atoms with Crippen molar-refractivity contribution >= 4 is 29.1 Å². The van der Waals surface area contributed by atoms with Crippen molar-refractivity contribution in [1.82, 2.24) is 5.32 Å². The highest BCUT2D eigenvalue weighted by Crippen LogP contribution is 2.19. The van der Waals surface area contributed by atoms with Crippen molar-refractivity contribution in [3.05, 3.63) is 33.8 Å². The van der Waals surface area contributed by atoms with Crippen molar-refractivity contribution in [2.75, 3.05) is 6.61 Å². The number of nitrogens with zero attached hydrogens (tertiary/aromatic N) is 1. The van der Waals surface area contributed by atoms with Crippen LogP contribution in [0.4, 0.5) is 0 Å². The third-order valence-corrected chi connectivity index (χ3v) is 2.43. The van der Waals surface area contributed by atoms with Crippen LogP contribution in [-0.2, 0) is 4.74 Å². The number of hydrogen-bond acceptors (Lipinski definition) is 3. The average molecular weight is 287 g/mol. The summed E-state index contributed by atoms with van der Waals surface area (Å²) in [6.45, 7) is 2.31. The Morgan fingerprint density at radius 1 is 1.44 bits per heavy atom. The fraction of sp³-hybridized carbons (Fsp3) is 0.333. The Labute approximate surface area is 115 Å². The van der Waals surface area contributed by atoms with Gasteiger partial charge in [-0.25, -0.2) is 0 Å². The Kier molecular flexibility index (Phi) is 5.93. The molecule has 96 valence electrons. The van der Waals surface area contributed by atoms with E-state index in [4.69, 9.17) is 33.2 Å². The number of amides is 1. The molecule has 0 aliphatic rings. The van der Waals surface area contributed by atoms with E-state index >= 15 is 0 Å². The first-order valence-corrected chi connectivity index (χ1v) is 6.10. The summed E-state index contributed by atoms with van der Waals surface area (Å²) < 4.78 is 5.13. The minimum Gasteiger partial charge on any atom is -0.346 e. The van der Waals surface area contributed by atoms with Gasteiger partial charge in [-0.3, -0.25) is 4.79 Å². The molecule has 0 heterocycles. The van der Waals surface area contributed by atoms with E-state index in [0.717, 1.165) is 6.42 Å². The van der Waals surface area contributed by atoms with Gasteiger partial charge in [0.25, 0.3) is 5.91 Å². The van der Waals surface area contributed by atoms with Crippen LogP contribution in [0.15, 0.2) is 18.2 Å². The smallest absolute Gasteiger partial charge is 0.254 e. The lowest BCUT2D eigenvalue weighted by Gasteiger charge is -2.12. The maximum Gasteiger partial charge on any atom is 0.254 e. The molecule has 0 bridgehead atoms. The van der Waals surface area contributed by atoms with Crippen molar-refractivity contribution < 1.29 is 9.53 Å². The molecule has 0 saturated carbocycles. The van der Waals surface area contributed by atoms with Crippen LogP contribution in [0, 0.1) is 11.3 Å². The number of carbonyl (C=O) groups is 1. The summed E-state index contributed by atoms with van der Waals surface area (Å²) in [6.07, 6.45) is -0.216. The molecule has 1 N–H and O–H groups in total. The number of nitrogens with one attached hydrogen (secondary N) is 1. The van der Waals surface area contributed by atoms with Gasteiger partial charge in [0, 0.05) is 15.6 Å². The van der Waals surface area contributed by atoms with Crippen LogP contribution in [0.1, 0.15) is 23.7 Å². The largest absolute Gasteiger partial charge is 0.346 e. The van der Waals surface area contributed by atoms with Gasteiger partial charge in [-0.2, -0.15) is 5.26 Å². The second-order valence-electron chi connectivity index (χ2n) is 3.51. The normalized spacial score (nSPS) is 11.7. The Morgan fingerprint density at radius 3 is 2.56 bits per heavy atom. The number of nitriles is 1. The average Bonchev–Trinajstić information content (AvgIpc) is 2.32. The molecule has 0 fully saturated rings. The summed E-state index contributed by atoms with van der Waals surface area (Å²) in [4.78, 5) is 11.8. The van der Waals surface area contributed by atoms with Crippen LogP contribution < -0.4 is 5.32 Å². The van der Waals surface area contributed by atoms with Crippen LogP contribution in [0.2, 0.25) is 10.0 Å². The van der Waals surface area contributed by atoms with Crippen LogP contribution >= 0.6 is 23.2 Å². The zero-order chi connectivity index (χ0) is 13.5. The number of halogens is 2. The molecule has 0 aliphatic carbocycles. The molecule has 1 aromatic carbocycles. The molecule has 0 aromatic heterocycles. The molecular formula is C12H12Cl2N2O2. The lowest BCUT2D eigenvalue weighted by Crippen LogP contribution is -2.36. The molecule has 0 aliphatic heterocycles. The topological polar surface area (TPSA) is 62.1 Å². The first kappa shape index (κ1) is 14.8. The number of benzene rings is 1. The summed E-state index contributed by atoms with van der Waals surface area (Å²) in [7, 11) is 0. The van der Waals surface area contributed by atoms with E-state index in [2.05, 4.69) is 5.32 Å². The third kappa shape index (κ3) is 4.53. The number of ether oxygens (including phenoxy) is 1. The summed E-state index contributed by atoms with van der Waals surface area (Å²) in [5.74, 6) is -0.456. The molecule has 0 spiro atoms. The summed E-state index contributed by atoms with van der Waals surface area (Å²) in [5, 5.41) is 12.0. The van der Waals surface area contributed by atoms with Crippen LogP contribution in [-0.4, -0.2) is 18.7 Å². The maximum absolute atomic E-state index is 11.8. The molecular weight excluding hydrogens is 275 g/mol. The van der Waals surface area contributed by atoms with E-state index in [0.29, 0.717) is 16.7 Å². The van der Waals surface area contributed by atoms with Crippen LogP contribution in [0.5, 0.6) is 0 Å². The second-order valence-corrected chi connectivity index (χ2v) is 4.38. The molecule has 6 heteroatoms. The summed E-state index contributed by atoms with van der Waals surface area (Å²) in [6, 6.07) is 6.31. The Balaban J connectivity index is 2.72. The van der Waals surface area contributed by atoms with Gasteiger partial charge in [0.2, 0.25) is 6.23 Å². The van der Waals surface area contributed by atoms with E-state index in [1.807, 2.05) is 13.0 Å². The first-order chi connectivity index (χ1) is 8.56. The SMILES string of the molecule is CCCOC(C#N)NC(=O)c1cc(Cl)cc(Cl)c1. The zero-order valence-corrected chi connectivity index (χ0v) is 11.3. The van der Waals surface area contributed by atoms with Crippen LogP contribution in [0.25, 0.3) is 0 Å². The minimum atomic E-state index is -0.977. The zero-order valence-electron chi connectivity index (χ0n) is 9.74. The minimum absolute atomic E-state index is 0.285. The molecule has 1 amide bonds. The molecule has 1 aromatic rings. The van der Waals surface area contributed by atoms with Crippen molar-refractivity contribution in [3.63, 3.8) is 0 Å². The summed E-state index contributed by atoms with van der Waals surface area (Å²) in [5.41, 5.74) is 0.285. The van der Waals surface area contributed by atoms with E-state index in [9.17, 15) is 4.79 Å². The van der Waals surface area contributed by atoms with Gasteiger partial charge in [-0.1, -0.05) is 30.1 Å². The highest BCUT2D eigenvalue weighted by Gasteiger charge is 2.14. The maximum atomic E-state index is 11.8.